The van der Waals surface area contributed by atoms with Gasteiger partial charge in [0.15, 0.2) is 5.71 Å². The van der Waals surface area contributed by atoms with Crippen molar-refractivity contribution in [3.63, 3.8) is 0 Å². The first-order valence-corrected chi connectivity index (χ1v) is 6.47. The topological polar surface area (TPSA) is 68.1 Å². The minimum absolute atomic E-state index is 0.0260. The van der Waals surface area contributed by atoms with Crippen LogP contribution in [-0.2, 0) is 21.0 Å². The lowest BCUT2D eigenvalue weighted by Crippen LogP contribution is -2.32. The van der Waals surface area contributed by atoms with Crippen LogP contribution >= 0.6 is 11.6 Å². The summed E-state index contributed by atoms with van der Waals surface area (Å²) in [5.41, 5.74) is 0.364. The Morgan fingerprint density at radius 2 is 2.10 bits per heavy atom. The molecular formula is C13H15ClFNO4. The first-order valence-electron chi connectivity index (χ1n) is 5.94. The number of halogens is 2. The molecule has 0 aliphatic carbocycles. The lowest BCUT2D eigenvalue weighted by Gasteiger charge is -2.09. The van der Waals surface area contributed by atoms with Crippen molar-refractivity contribution < 1.29 is 23.9 Å². The molecule has 0 bridgehead atoms. The van der Waals surface area contributed by atoms with Crippen LogP contribution in [-0.4, -0.2) is 35.4 Å². The summed E-state index contributed by atoms with van der Waals surface area (Å²) in [6, 6.07) is 5.60. The molecule has 1 aromatic rings. The number of carbonyl (C=O) groups is 1. The third kappa shape index (κ3) is 5.14. The summed E-state index contributed by atoms with van der Waals surface area (Å²) < 4.78 is 17.4. The molecule has 20 heavy (non-hydrogen) atoms. The molecule has 0 aliphatic rings. The maximum Gasteiger partial charge on any atom is 0.358 e. The summed E-state index contributed by atoms with van der Waals surface area (Å²) in [5.74, 6) is -1.36. The predicted molar refractivity (Wildman–Crippen MR) is 72.0 cm³/mol. The second kappa shape index (κ2) is 8.50. The van der Waals surface area contributed by atoms with Gasteiger partial charge < -0.3 is 14.7 Å². The van der Waals surface area contributed by atoms with E-state index in [9.17, 15) is 14.3 Å². The van der Waals surface area contributed by atoms with Crippen molar-refractivity contribution in [2.24, 2.45) is 5.16 Å². The third-order valence-electron chi connectivity index (χ3n) is 2.25. The fourth-order valence-corrected chi connectivity index (χ4v) is 1.42. The van der Waals surface area contributed by atoms with Crippen molar-refractivity contribution >= 4 is 23.3 Å². The van der Waals surface area contributed by atoms with Crippen LogP contribution in [0.2, 0.25) is 0 Å². The standard InChI is InChI=1S/C13H15ClFNO4/c1-2-19-13(18)12(11(17)7-14)16-20-8-9-3-5-10(15)6-4-9/h3-6,11,17H,2,7-8H2,1H3/b16-12+. The van der Waals surface area contributed by atoms with E-state index >= 15 is 0 Å². The zero-order valence-corrected chi connectivity index (χ0v) is 11.6. The Kier molecular flexibility index (Phi) is 6.97. The van der Waals surface area contributed by atoms with Crippen molar-refractivity contribution in [3.8, 4) is 0 Å². The van der Waals surface area contributed by atoms with E-state index < -0.39 is 12.1 Å². The molecule has 0 saturated carbocycles. The van der Waals surface area contributed by atoms with Crippen molar-refractivity contribution in [1.82, 2.24) is 0 Å². The lowest BCUT2D eigenvalue weighted by molar-refractivity contribution is -0.135. The van der Waals surface area contributed by atoms with Gasteiger partial charge in [0.2, 0.25) is 0 Å². The lowest BCUT2D eigenvalue weighted by atomic mass is 10.2. The molecule has 0 amide bonds. The average molecular weight is 304 g/mol. The number of nitrogens with zero attached hydrogens (tertiary/aromatic N) is 1. The van der Waals surface area contributed by atoms with Gasteiger partial charge in [-0.1, -0.05) is 17.3 Å². The molecule has 1 aromatic carbocycles. The molecule has 5 nitrogen and oxygen atoms in total. The van der Waals surface area contributed by atoms with Gasteiger partial charge in [0.05, 0.1) is 12.5 Å². The van der Waals surface area contributed by atoms with Crippen LogP contribution in [0.4, 0.5) is 4.39 Å². The maximum absolute atomic E-state index is 12.7. The van der Waals surface area contributed by atoms with Gasteiger partial charge in [-0.15, -0.1) is 11.6 Å². The van der Waals surface area contributed by atoms with E-state index in [0.717, 1.165) is 0 Å². The molecule has 0 radical (unpaired) electrons. The highest BCUT2D eigenvalue weighted by molar-refractivity contribution is 6.39. The highest BCUT2D eigenvalue weighted by atomic mass is 35.5. The Bertz CT molecular complexity index is 464. The smallest absolute Gasteiger partial charge is 0.358 e. The fraction of sp³-hybridized carbons (Fsp3) is 0.385. The van der Waals surface area contributed by atoms with Crippen molar-refractivity contribution in [3.05, 3.63) is 35.6 Å². The van der Waals surface area contributed by atoms with Gasteiger partial charge in [-0.25, -0.2) is 9.18 Å². The second-order valence-corrected chi connectivity index (χ2v) is 4.08. The van der Waals surface area contributed by atoms with Crippen LogP contribution in [0.5, 0.6) is 0 Å². The SMILES string of the molecule is CCOC(=O)/C(=N/OCc1ccc(F)cc1)C(O)CCl. The highest BCUT2D eigenvalue weighted by Crippen LogP contribution is 2.05. The largest absolute Gasteiger partial charge is 0.461 e. The van der Waals surface area contributed by atoms with E-state index in [2.05, 4.69) is 5.16 Å². The average Bonchev–Trinajstić information content (AvgIpc) is 2.45. The molecule has 0 spiro atoms. The Morgan fingerprint density at radius 3 is 2.65 bits per heavy atom. The minimum atomic E-state index is -1.27. The minimum Gasteiger partial charge on any atom is -0.461 e. The number of aliphatic hydroxyl groups is 1. The molecule has 0 aliphatic heterocycles. The summed E-state index contributed by atoms with van der Waals surface area (Å²) in [7, 11) is 0. The van der Waals surface area contributed by atoms with E-state index in [1.807, 2.05) is 0 Å². The number of carbonyl (C=O) groups excluding carboxylic acids is 1. The van der Waals surface area contributed by atoms with Gasteiger partial charge in [0, 0.05) is 0 Å². The van der Waals surface area contributed by atoms with Crippen LogP contribution < -0.4 is 0 Å². The molecule has 110 valence electrons. The molecule has 0 fully saturated rings. The van der Waals surface area contributed by atoms with Crippen LogP contribution in [0, 0.1) is 5.82 Å². The maximum atomic E-state index is 12.7. The summed E-state index contributed by atoms with van der Waals surface area (Å²) in [4.78, 5) is 16.5. The van der Waals surface area contributed by atoms with E-state index in [4.69, 9.17) is 21.2 Å². The highest BCUT2D eigenvalue weighted by Gasteiger charge is 2.22. The van der Waals surface area contributed by atoms with Crippen LogP contribution in [0.1, 0.15) is 12.5 Å². The first-order chi connectivity index (χ1) is 9.58. The zero-order valence-electron chi connectivity index (χ0n) is 10.9. The second-order valence-electron chi connectivity index (χ2n) is 3.77. The first kappa shape index (κ1) is 16.4. The third-order valence-corrected chi connectivity index (χ3v) is 2.55. The Hall–Kier alpha value is -1.66. The van der Waals surface area contributed by atoms with Gasteiger partial charge in [-0.3, -0.25) is 0 Å². The van der Waals surface area contributed by atoms with Crippen molar-refractivity contribution in [2.75, 3.05) is 12.5 Å². The fourth-order valence-electron chi connectivity index (χ4n) is 1.27. The zero-order chi connectivity index (χ0) is 15.0. The molecule has 0 saturated heterocycles. The molecule has 0 aromatic heterocycles. The Balaban J connectivity index is 2.66. The Morgan fingerprint density at radius 1 is 1.45 bits per heavy atom. The summed E-state index contributed by atoms with van der Waals surface area (Å²) in [5, 5.41) is 13.1. The quantitative estimate of drug-likeness (QED) is 0.361. The van der Waals surface area contributed by atoms with Gasteiger partial charge >= 0.3 is 5.97 Å². The van der Waals surface area contributed by atoms with Crippen LogP contribution in [0.25, 0.3) is 0 Å². The number of oxime groups is 1. The van der Waals surface area contributed by atoms with E-state index in [1.54, 1.807) is 6.92 Å². The molecule has 7 heteroatoms. The monoisotopic (exact) mass is 303 g/mol. The molecule has 1 atom stereocenters. The Labute approximate surface area is 120 Å². The number of benzene rings is 1. The molecular weight excluding hydrogens is 289 g/mol. The summed E-state index contributed by atoms with van der Waals surface area (Å²) >= 11 is 5.47. The predicted octanol–water partition coefficient (Wildman–Crippen LogP) is 1.86. The number of ether oxygens (including phenoxy) is 1. The number of alkyl halides is 1. The molecule has 1 N–H and O–H groups in total. The number of esters is 1. The normalized spacial score (nSPS) is 12.9. The van der Waals surface area contributed by atoms with Crippen molar-refractivity contribution in [1.29, 1.82) is 0 Å². The van der Waals surface area contributed by atoms with Gasteiger partial charge in [-0.2, -0.15) is 0 Å². The van der Waals surface area contributed by atoms with Gasteiger partial charge in [0.25, 0.3) is 0 Å². The van der Waals surface area contributed by atoms with Gasteiger partial charge in [0.1, 0.15) is 18.5 Å². The van der Waals surface area contributed by atoms with E-state index in [-0.39, 0.29) is 30.6 Å². The molecule has 0 heterocycles. The van der Waals surface area contributed by atoms with Crippen LogP contribution in [0.3, 0.4) is 0 Å². The number of hydrogen-bond donors (Lipinski definition) is 1. The summed E-state index contributed by atoms with van der Waals surface area (Å²) in [6.45, 7) is 1.80. The van der Waals surface area contributed by atoms with Crippen LogP contribution in [0.15, 0.2) is 29.4 Å². The van der Waals surface area contributed by atoms with Crippen molar-refractivity contribution in [2.45, 2.75) is 19.6 Å². The van der Waals surface area contributed by atoms with Gasteiger partial charge in [-0.05, 0) is 24.6 Å². The number of rotatable bonds is 7. The summed E-state index contributed by atoms with van der Waals surface area (Å²) in [6.07, 6.45) is -1.27. The molecule has 1 rings (SSSR count). The van der Waals surface area contributed by atoms with E-state index in [1.165, 1.54) is 24.3 Å². The number of hydrogen-bond acceptors (Lipinski definition) is 5. The molecule has 1 unspecified atom stereocenters. The number of aliphatic hydroxyl groups excluding tert-OH is 1. The van der Waals surface area contributed by atoms with E-state index in [0.29, 0.717) is 5.56 Å².